The summed E-state index contributed by atoms with van der Waals surface area (Å²) in [6.45, 7) is 1.63. The largest absolute Gasteiger partial charge is 0.358 e. The predicted molar refractivity (Wildman–Crippen MR) is 88.7 cm³/mol. The number of benzene rings is 2. The first-order chi connectivity index (χ1) is 11.6. The average molecular weight is 326 g/mol. The zero-order valence-electron chi connectivity index (χ0n) is 13.0. The van der Waals surface area contributed by atoms with E-state index in [1.54, 1.807) is 24.3 Å². The summed E-state index contributed by atoms with van der Waals surface area (Å²) < 4.78 is 27.3. The molecule has 3 aromatic rings. The van der Waals surface area contributed by atoms with Crippen molar-refractivity contribution in [1.29, 1.82) is 0 Å². The molecule has 0 atom stereocenters. The monoisotopic (exact) mass is 326 g/mol. The fourth-order valence-corrected chi connectivity index (χ4v) is 3.31. The van der Waals surface area contributed by atoms with E-state index in [4.69, 9.17) is 0 Å². The number of H-pyrrole nitrogens is 1. The second-order valence-electron chi connectivity index (χ2n) is 6.15. The Hall–Kier alpha value is -2.53. The summed E-state index contributed by atoms with van der Waals surface area (Å²) in [5.41, 5.74) is 2.67. The van der Waals surface area contributed by atoms with Crippen LogP contribution in [0.25, 0.3) is 10.9 Å². The summed E-state index contributed by atoms with van der Waals surface area (Å²) in [7, 11) is 0. The molecular formula is C19H16F2N2O. The number of halogens is 2. The maximum atomic E-state index is 13.8. The van der Waals surface area contributed by atoms with Crippen molar-refractivity contribution < 1.29 is 8.78 Å². The number of hydrogen-bond acceptors (Lipinski definition) is 2. The number of fused-ring (bicyclic) bond motifs is 2. The van der Waals surface area contributed by atoms with Crippen molar-refractivity contribution in [3.63, 3.8) is 0 Å². The Bertz CT molecular complexity index is 981. The molecule has 0 bridgehead atoms. The molecule has 2 aromatic carbocycles. The maximum Gasteiger partial charge on any atom is 0.194 e. The van der Waals surface area contributed by atoms with Crippen LogP contribution < -0.4 is 5.43 Å². The van der Waals surface area contributed by atoms with Crippen LogP contribution in [0.5, 0.6) is 0 Å². The van der Waals surface area contributed by atoms with E-state index >= 15 is 0 Å². The Morgan fingerprint density at radius 1 is 1.12 bits per heavy atom. The highest BCUT2D eigenvalue weighted by Gasteiger charge is 2.21. The van der Waals surface area contributed by atoms with Crippen LogP contribution in [0.15, 0.2) is 47.3 Å². The number of aromatic nitrogens is 1. The molecule has 3 nitrogen and oxygen atoms in total. The van der Waals surface area contributed by atoms with Crippen molar-refractivity contribution >= 4 is 10.9 Å². The molecule has 1 aliphatic heterocycles. The molecule has 0 radical (unpaired) electrons. The Morgan fingerprint density at radius 3 is 2.79 bits per heavy atom. The lowest BCUT2D eigenvalue weighted by molar-refractivity contribution is 0.239. The van der Waals surface area contributed by atoms with Gasteiger partial charge in [-0.3, -0.25) is 9.69 Å². The maximum absolute atomic E-state index is 13.8. The van der Waals surface area contributed by atoms with Gasteiger partial charge >= 0.3 is 0 Å². The van der Waals surface area contributed by atoms with Crippen LogP contribution in [0.2, 0.25) is 0 Å². The molecule has 0 aliphatic carbocycles. The minimum Gasteiger partial charge on any atom is -0.358 e. The van der Waals surface area contributed by atoms with Crippen LogP contribution >= 0.6 is 0 Å². The number of nitrogens with zero attached hydrogens (tertiary/aromatic N) is 1. The van der Waals surface area contributed by atoms with E-state index in [2.05, 4.69) is 4.98 Å². The van der Waals surface area contributed by atoms with Crippen LogP contribution in [0, 0.1) is 11.6 Å². The Kier molecular flexibility index (Phi) is 3.65. The van der Waals surface area contributed by atoms with E-state index in [9.17, 15) is 13.6 Å². The highest BCUT2D eigenvalue weighted by atomic mass is 19.1. The Morgan fingerprint density at radius 2 is 1.96 bits per heavy atom. The van der Waals surface area contributed by atoms with Gasteiger partial charge in [0.25, 0.3) is 0 Å². The van der Waals surface area contributed by atoms with Crippen molar-refractivity contribution in [3.05, 3.63) is 81.1 Å². The summed E-state index contributed by atoms with van der Waals surface area (Å²) in [5.74, 6) is -0.662. The molecule has 4 rings (SSSR count). The van der Waals surface area contributed by atoms with E-state index < -0.39 is 5.82 Å². The van der Waals surface area contributed by atoms with Gasteiger partial charge in [-0.1, -0.05) is 18.2 Å². The zero-order chi connectivity index (χ0) is 16.7. The van der Waals surface area contributed by atoms with Gasteiger partial charge in [-0.05, 0) is 24.3 Å². The SMILES string of the molecule is O=c1c2c([nH]c3ccc(F)cc13)CCN(Cc1ccccc1F)C2. The van der Waals surface area contributed by atoms with Crippen molar-refractivity contribution in [2.75, 3.05) is 6.54 Å². The molecule has 0 saturated heterocycles. The third-order valence-electron chi connectivity index (χ3n) is 4.56. The van der Waals surface area contributed by atoms with Gasteiger partial charge in [-0.25, -0.2) is 8.78 Å². The molecule has 1 aromatic heterocycles. The van der Waals surface area contributed by atoms with Gasteiger partial charge in [0, 0.05) is 53.8 Å². The van der Waals surface area contributed by atoms with E-state index in [1.807, 2.05) is 4.90 Å². The summed E-state index contributed by atoms with van der Waals surface area (Å²) in [6.07, 6.45) is 0.687. The van der Waals surface area contributed by atoms with Crippen LogP contribution in [0.4, 0.5) is 8.78 Å². The molecule has 5 heteroatoms. The van der Waals surface area contributed by atoms with Gasteiger partial charge < -0.3 is 4.98 Å². The van der Waals surface area contributed by atoms with Crippen molar-refractivity contribution in [2.45, 2.75) is 19.5 Å². The molecule has 0 unspecified atom stereocenters. The summed E-state index contributed by atoms with van der Waals surface area (Å²) >= 11 is 0. The van der Waals surface area contributed by atoms with E-state index in [1.165, 1.54) is 18.2 Å². The fraction of sp³-hybridized carbons (Fsp3) is 0.211. The first-order valence-electron chi connectivity index (χ1n) is 7.91. The number of aromatic amines is 1. The average Bonchev–Trinajstić information content (AvgIpc) is 2.58. The van der Waals surface area contributed by atoms with E-state index in [0.717, 1.165) is 12.2 Å². The van der Waals surface area contributed by atoms with Crippen molar-refractivity contribution in [3.8, 4) is 0 Å². The molecule has 0 spiro atoms. The number of pyridine rings is 1. The van der Waals surface area contributed by atoms with Crippen molar-refractivity contribution in [2.24, 2.45) is 0 Å². The van der Waals surface area contributed by atoms with Gasteiger partial charge in [0.2, 0.25) is 0 Å². The first-order valence-corrected chi connectivity index (χ1v) is 7.91. The quantitative estimate of drug-likeness (QED) is 0.784. The van der Waals surface area contributed by atoms with E-state index in [-0.39, 0.29) is 11.2 Å². The van der Waals surface area contributed by atoms with Gasteiger partial charge in [-0.15, -0.1) is 0 Å². The molecule has 1 N–H and O–H groups in total. The summed E-state index contributed by atoms with van der Waals surface area (Å²) in [6, 6.07) is 10.9. The minimum atomic E-state index is -0.424. The minimum absolute atomic E-state index is 0.142. The normalized spacial score (nSPS) is 14.8. The van der Waals surface area contributed by atoms with Gasteiger partial charge in [0.1, 0.15) is 11.6 Å². The smallest absolute Gasteiger partial charge is 0.194 e. The molecular weight excluding hydrogens is 310 g/mol. The number of hydrogen-bond donors (Lipinski definition) is 1. The topological polar surface area (TPSA) is 36.1 Å². The molecule has 2 heterocycles. The van der Waals surface area contributed by atoms with Crippen LogP contribution in [0.3, 0.4) is 0 Å². The second kappa shape index (κ2) is 5.83. The molecule has 122 valence electrons. The third-order valence-corrected chi connectivity index (χ3v) is 4.56. The standard InChI is InChI=1S/C19H16F2N2O/c20-13-5-6-17-14(9-13)19(24)15-11-23(8-7-18(15)22-17)10-12-3-1-2-4-16(12)21/h1-6,9H,7-8,10-11H2,(H,22,24). The molecule has 0 saturated carbocycles. The number of rotatable bonds is 2. The highest BCUT2D eigenvalue weighted by Crippen LogP contribution is 2.21. The van der Waals surface area contributed by atoms with Crippen LogP contribution in [-0.2, 0) is 19.5 Å². The van der Waals surface area contributed by atoms with Crippen LogP contribution in [-0.4, -0.2) is 16.4 Å². The van der Waals surface area contributed by atoms with Crippen LogP contribution in [0.1, 0.15) is 16.8 Å². The summed E-state index contributed by atoms with van der Waals surface area (Å²) in [5, 5.41) is 0.362. The lowest BCUT2D eigenvalue weighted by atomic mass is 10.0. The van der Waals surface area contributed by atoms with Gasteiger partial charge in [0.15, 0.2) is 5.43 Å². The molecule has 24 heavy (non-hydrogen) atoms. The fourth-order valence-electron chi connectivity index (χ4n) is 3.31. The zero-order valence-corrected chi connectivity index (χ0v) is 13.0. The number of nitrogens with one attached hydrogen (secondary N) is 1. The van der Waals surface area contributed by atoms with Crippen molar-refractivity contribution in [1.82, 2.24) is 9.88 Å². The predicted octanol–water partition coefficient (Wildman–Crippen LogP) is 3.36. The van der Waals surface area contributed by atoms with Gasteiger partial charge in [-0.2, -0.15) is 0 Å². The second-order valence-corrected chi connectivity index (χ2v) is 6.15. The Labute approximate surface area is 137 Å². The van der Waals surface area contributed by atoms with E-state index in [0.29, 0.717) is 41.5 Å². The lowest BCUT2D eigenvalue weighted by Gasteiger charge is -2.28. The molecule has 1 aliphatic rings. The molecule has 0 fully saturated rings. The molecule has 0 amide bonds. The lowest BCUT2D eigenvalue weighted by Crippen LogP contribution is -2.34. The Balaban J connectivity index is 1.69. The highest BCUT2D eigenvalue weighted by molar-refractivity contribution is 5.79. The first kappa shape index (κ1) is 15.0. The summed E-state index contributed by atoms with van der Waals surface area (Å²) in [4.78, 5) is 18.0. The third kappa shape index (κ3) is 2.61. The van der Waals surface area contributed by atoms with Gasteiger partial charge in [0.05, 0.1) is 0 Å².